The van der Waals surface area contributed by atoms with Gasteiger partial charge in [0.2, 0.25) is 0 Å². The van der Waals surface area contributed by atoms with Crippen LogP contribution < -0.4 is 9.62 Å². The molecule has 0 atom stereocenters. The summed E-state index contributed by atoms with van der Waals surface area (Å²) in [4.78, 5) is 12.9. The molecule has 0 fully saturated rings. The van der Waals surface area contributed by atoms with Crippen LogP contribution in [0.5, 0.6) is 0 Å². The molecule has 0 aliphatic carbocycles. The van der Waals surface area contributed by atoms with Gasteiger partial charge in [-0.1, -0.05) is 31.0 Å². The van der Waals surface area contributed by atoms with Gasteiger partial charge >= 0.3 is 6.03 Å². The highest BCUT2D eigenvalue weighted by Gasteiger charge is 2.10. The Balaban J connectivity index is 2.85. The Labute approximate surface area is 83.3 Å². The van der Waals surface area contributed by atoms with Crippen molar-refractivity contribution < 1.29 is 4.79 Å². The van der Waals surface area contributed by atoms with Crippen LogP contribution in [-0.2, 0) is 0 Å². The minimum atomic E-state index is -0.211. The summed E-state index contributed by atoms with van der Waals surface area (Å²) in [7, 11) is 0. The van der Waals surface area contributed by atoms with E-state index in [0.717, 1.165) is 5.69 Å². The van der Waals surface area contributed by atoms with E-state index in [2.05, 4.69) is 17.5 Å². The van der Waals surface area contributed by atoms with Gasteiger partial charge in [0.25, 0.3) is 0 Å². The quantitative estimate of drug-likeness (QED) is 0.697. The van der Waals surface area contributed by atoms with Crippen LogP contribution in [0.4, 0.5) is 10.5 Å². The molecule has 1 N–H and O–H groups in total. The number of amides is 2. The van der Waals surface area contributed by atoms with Gasteiger partial charge < -0.3 is 0 Å². The molecule has 1 rings (SSSR count). The molecule has 2 amide bonds. The van der Waals surface area contributed by atoms with Crippen LogP contribution in [0.3, 0.4) is 0 Å². The largest absolute Gasteiger partial charge is 0.331 e. The molecule has 3 nitrogen and oxygen atoms in total. The van der Waals surface area contributed by atoms with Gasteiger partial charge in [-0.15, -0.1) is 0 Å². The van der Waals surface area contributed by atoms with E-state index < -0.39 is 0 Å². The maximum absolute atomic E-state index is 11.3. The molecule has 0 spiro atoms. The monoisotopic (exact) mass is 196 g/mol. The van der Waals surface area contributed by atoms with Crippen molar-refractivity contribution in [2.45, 2.75) is 6.92 Å². The standard InChI is InChI=1S/C9H12N2OS/c1-2-11(9(12)10-13)8-6-4-3-5-7-8/h3-7,13H,2H2,1H3,(H,10,12). The van der Waals surface area contributed by atoms with E-state index in [1.807, 2.05) is 37.3 Å². The molecule has 4 heteroatoms. The van der Waals surface area contributed by atoms with Gasteiger partial charge in [-0.3, -0.25) is 9.62 Å². The number of thiol groups is 1. The Bertz CT molecular complexity index is 276. The third-order valence-electron chi connectivity index (χ3n) is 1.72. The molecule has 0 aromatic heterocycles. The summed E-state index contributed by atoms with van der Waals surface area (Å²) < 4.78 is 2.30. The van der Waals surface area contributed by atoms with Crippen molar-refractivity contribution >= 4 is 24.5 Å². The summed E-state index contributed by atoms with van der Waals surface area (Å²) >= 11 is 3.72. The van der Waals surface area contributed by atoms with Crippen LogP contribution in [0.2, 0.25) is 0 Å². The predicted octanol–water partition coefficient (Wildman–Crippen LogP) is 2.07. The summed E-state index contributed by atoms with van der Waals surface area (Å²) in [6.07, 6.45) is 0. The van der Waals surface area contributed by atoms with Crippen LogP contribution in [0.15, 0.2) is 30.3 Å². The maximum atomic E-state index is 11.3. The zero-order valence-corrected chi connectivity index (χ0v) is 8.29. The minimum absolute atomic E-state index is 0.211. The average molecular weight is 196 g/mol. The average Bonchev–Trinajstić information content (AvgIpc) is 2.20. The van der Waals surface area contributed by atoms with Crippen molar-refractivity contribution in [3.05, 3.63) is 30.3 Å². The Morgan fingerprint density at radius 3 is 2.54 bits per heavy atom. The number of rotatable bonds is 2. The summed E-state index contributed by atoms with van der Waals surface area (Å²) in [5.41, 5.74) is 0.872. The lowest BCUT2D eigenvalue weighted by molar-refractivity contribution is 0.252. The number of benzene rings is 1. The zero-order chi connectivity index (χ0) is 9.68. The molecule has 0 aliphatic heterocycles. The van der Waals surface area contributed by atoms with E-state index in [4.69, 9.17) is 0 Å². The number of hydrogen-bond donors (Lipinski definition) is 2. The highest BCUT2D eigenvalue weighted by atomic mass is 32.1. The fraction of sp³-hybridized carbons (Fsp3) is 0.222. The van der Waals surface area contributed by atoms with Gasteiger partial charge in [0, 0.05) is 12.2 Å². The van der Waals surface area contributed by atoms with E-state index in [1.165, 1.54) is 0 Å². The van der Waals surface area contributed by atoms with E-state index in [-0.39, 0.29) is 6.03 Å². The third-order valence-corrected chi connectivity index (χ3v) is 1.92. The molecule has 0 aliphatic rings. The van der Waals surface area contributed by atoms with Crippen LogP contribution in [0.25, 0.3) is 0 Å². The van der Waals surface area contributed by atoms with Gasteiger partial charge in [-0.2, -0.15) is 0 Å². The molecule has 0 heterocycles. The molecular formula is C9H12N2OS. The summed E-state index contributed by atoms with van der Waals surface area (Å²) in [5.74, 6) is 0. The number of hydrogen-bond acceptors (Lipinski definition) is 2. The van der Waals surface area contributed by atoms with Crippen LogP contribution >= 0.6 is 12.8 Å². The first-order valence-electron chi connectivity index (χ1n) is 4.06. The van der Waals surface area contributed by atoms with E-state index in [1.54, 1.807) is 4.90 Å². The molecule has 1 aromatic rings. The molecular weight excluding hydrogens is 184 g/mol. The molecule has 1 aromatic carbocycles. The lowest BCUT2D eigenvalue weighted by Gasteiger charge is -2.19. The molecule has 0 radical (unpaired) electrons. The summed E-state index contributed by atoms with van der Waals surface area (Å²) in [5, 5.41) is 0. The molecule has 13 heavy (non-hydrogen) atoms. The van der Waals surface area contributed by atoms with Crippen molar-refractivity contribution in [2.75, 3.05) is 11.4 Å². The van der Waals surface area contributed by atoms with E-state index in [9.17, 15) is 4.79 Å². The number of urea groups is 1. The SMILES string of the molecule is CCN(C(=O)NS)c1ccccc1. The number of nitrogens with one attached hydrogen (secondary N) is 1. The van der Waals surface area contributed by atoms with E-state index in [0.29, 0.717) is 6.54 Å². The van der Waals surface area contributed by atoms with Crippen molar-refractivity contribution in [2.24, 2.45) is 0 Å². The van der Waals surface area contributed by atoms with Crippen molar-refractivity contribution in [1.29, 1.82) is 0 Å². The summed E-state index contributed by atoms with van der Waals surface area (Å²) in [6, 6.07) is 9.25. The second-order valence-corrected chi connectivity index (χ2v) is 2.72. The van der Waals surface area contributed by atoms with Crippen molar-refractivity contribution in [3.63, 3.8) is 0 Å². The number of carbonyl (C=O) groups is 1. The number of carbonyl (C=O) groups excluding carboxylic acids is 1. The van der Waals surface area contributed by atoms with Crippen LogP contribution in [-0.4, -0.2) is 12.6 Å². The number of para-hydroxylation sites is 1. The number of anilines is 1. The lowest BCUT2D eigenvalue weighted by Crippen LogP contribution is -2.35. The van der Waals surface area contributed by atoms with Crippen molar-refractivity contribution in [1.82, 2.24) is 4.72 Å². The van der Waals surface area contributed by atoms with Crippen LogP contribution in [0, 0.1) is 0 Å². The molecule has 0 saturated heterocycles. The Kier molecular flexibility index (Phi) is 3.64. The molecule has 0 saturated carbocycles. The summed E-state index contributed by atoms with van der Waals surface area (Å²) in [6.45, 7) is 2.53. The number of nitrogens with zero attached hydrogens (tertiary/aromatic N) is 1. The van der Waals surface area contributed by atoms with Gasteiger partial charge in [-0.05, 0) is 19.1 Å². The van der Waals surface area contributed by atoms with E-state index >= 15 is 0 Å². The second-order valence-electron chi connectivity index (χ2n) is 2.50. The maximum Gasteiger partial charge on any atom is 0.331 e. The van der Waals surface area contributed by atoms with Crippen molar-refractivity contribution in [3.8, 4) is 0 Å². The Hall–Kier alpha value is -1.16. The Morgan fingerprint density at radius 2 is 2.08 bits per heavy atom. The first kappa shape index (κ1) is 9.92. The second kappa shape index (κ2) is 4.77. The smallest absolute Gasteiger partial charge is 0.294 e. The third kappa shape index (κ3) is 2.39. The molecule has 0 bridgehead atoms. The first-order valence-corrected chi connectivity index (χ1v) is 4.51. The molecule has 70 valence electrons. The lowest BCUT2D eigenvalue weighted by atomic mass is 10.3. The highest BCUT2D eigenvalue weighted by molar-refractivity contribution is 7.78. The van der Waals surface area contributed by atoms with Gasteiger partial charge in [-0.25, -0.2) is 4.79 Å². The minimum Gasteiger partial charge on any atom is -0.294 e. The predicted molar refractivity (Wildman–Crippen MR) is 57.0 cm³/mol. The zero-order valence-electron chi connectivity index (χ0n) is 7.40. The fourth-order valence-electron chi connectivity index (χ4n) is 1.11. The van der Waals surface area contributed by atoms with Crippen LogP contribution in [0.1, 0.15) is 6.92 Å². The topological polar surface area (TPSA) is 32.3 Å². The van der Waals surface area contributed by atoms with Gasteiger partial charge in [0.15, 0.2) is 0 Å². The van der Waals surface area contributed by atoms with Gasteiger partial charge in [0.05, 0.1) is 0 Å². The first-order chi connectivity index (χ1) is 6.29. The van der Waals surface area contributed by atoms with Gasteiger partial charge in [0.1, 0.15) is 0 Å². The normalized spacial score (nSPS) is 9.38. The highest BCUT2D eigenvalue weighted by Crippen LogP contribution is 2.12. The Morgan fingerprint density at radius 1 is 1.46 bits per heavy atom. The fourth-order valence-corrected chi connectivity index (χ4v) is 1.23. The molecule has 0 unspecified atom stereocenters.